The number of hydrogen-bond acceptors (Lipinski definition) is 1. The van der Waals surface area contributed by atoms with Crippen LogP contribution in [0.4, 0.5) is 0 Å². The monoisotopic (exact) mass is 144 g/mol. The summed E-state index contributed by atoms with van der Waals surface area (Å²) in [5.74, 6) is 0. The van der Waals surface area contributed by atoms with E-state index in [0.717, 1.165) is 6.61 Å². The highest BCUT2D eigenvalue weighted by molar-refractivity contribution is 4.65. The molecule has 0 aliphatic carbocycles. The Morgan fingerprint density at radius 3 is 2.30 bits per heavy atom. The second-order valence-electron chi connectivity index (χ2n) is 3.61. The molecule has 0 rings (SSSR count). The number of rotatable bonds is 5. The van der Waals surface area contributed by atoms with Crippen LogP contribution in [-0.4, -0.2) is 13.7 Å². The fourth-order valence-electron chi connectivity index (χ4n) is 0.872. The second kappa shape index (κ2) is 4.73. The first kappa shape index (κ1) is 9.96. The summed E-state index contributed by atoms with van der Waals surface area (Å²) in [6.45, 7) is 7.77. The molecule has 0 unspecified atom stereocenters. The van der Waals surface area contributed by atoms with Gasteiger partial charge in [-0.2, -0.15) is 0 Å². The van der Waals surface area contributed by atoms with E-state index in [-0.39, 0.29) is 0 Å². The molecule has 1 heteroatoms. The molecule has 0 bridgehead atoms. The molecular formula is C9H20O. The van der Waals surface area contributed by atoms with Crippen molar-refractivity contribution in [3.05, 3.63) is 0 Å². The van der Waals surface area contributed by atoms with Crippen molar-refractivity contribution in [3.63, 3.8) is 0 Å². The largest absolute Gasteiger partial charge is 0.385 e. The zero-order valence-electron chi connectivity index (χ0n) is 7.74. The highest BCUT2D eigenvalue weighted by atomic mass is 16.5. The van der Waals surface area contributed by atoms with Crippen LogP contribution in [0.1, 0.15) is 40.0 Å². The van der Waals surface area contributed by atoms with E-state index in [1.54, 1.807) is 7.11 Å². The lowest BCUT2D eigenvalue weighted by atomic mass is 9.85. The molecule has 0 saturated carbocycles. The van der Waals surface area contributed by atoms with Crippen LogP contribution in [0.2, 0.25) is 0 Å². The Balaban J connectivity index is 3.28. The van der Waals surface area contributed by atoms with Crippen LogP contribution in [0.3, 0.4) is 0 Å². The maximum Gasteiger partial charge on any atom is 0.0462 e. The van der Waals surface area contributed by atoms with Crippen molar-refractivity contribution in [2.24, 2.45) is 5.41 Å². The van der Waals surface area contributed by atoms with E-state index in [0.29, 0.717) is 5.41 Å². The first-order valence-electron chi connectivity index (χ1n) is 4.11. The summed E-state index contributed by atoms with van der Waals surface area (Å²) in [4.78, 5) is 0. The molecule has 10 heavy (non-hydrogen) atoms. The molecule has 0 amide bonds. The van der Waals surface area contributed by atoms with Gasteiger partial charge in [0.05, 0.1) is 0 Å². The van der Waals surface area contributed by atoms with Gasteiger partial charge in [0.1, 0.15) is 0 Å². The molecule has 0 heterocycles. The van der Waals surface area contributed by atoms with Gasteiger partial charge in [0.15, 0.2) is 0 Å². The SMILES string of the molecule is CCC(C)(C)CCCOC. The van der Waals surface area contributed by atoms with Gasteiger partial charge in [-0.3, -0.25) is 0 Å². The van der Waals surface area contributed by atoms with Gasteiger partial charge in [-0.15, -0.1) is 0 Å². The van der Waals surface area contributed by atoms with E-state index in [9.17, 15) is 0 Å². The van der Waals surface area contributed by atoms with Crippen molar-refractivity contribution < 1.29 is 4.74 Å². The zero-order valence-corrected chi connectivity index (χ0v) is 7.74. The summed E-state index contributed by atoms with van der Waals surface area (Å²) in [7, 11) is 1.76. The average molecular weight is 144 g/mol. The smallest absolute Gasteiger partial charge is 0.0462 e. The van der Waals surface area contributed by atoms with Gasteiger partial charge < -0.3 is 4.74 Å². The van der Waals surface area contributed by atoms with Gasteiger partial charge >= 0.3 is 0 Å². The van der Waals surface area contributed by atoms with Crippen LogP contribution in [0, 0.1) is 5.41 Å². The Kier molecular flexibility index (Phi) is 4.71. The topological polar surface area (TPSA) is 9.23 Å². The molecule has 0 N–H and O–H groups in total. The molecule has 0 saturated heterocycles. The summed E-state index contributed by atoms with van der Waals surface area (Å²) in [6, 6.07) is 0. The van der Waals surface area contributed by atoms with Crippen LogP contribution < -0.4 is 0 Å². The van der Waals surface area contributed by atoms with Gasteiger partial charge in [0.25, 0.3) is 0 Å². The lowest BCUT2D eigenvalue weighted by molar-refractivity contribution is 0.174. The van der Waals surface area contributed by atoms with Gasteiger partial charge in [-0.1, -0.05) is 27.2 Å². The van der Waals surface area contributed by atoms with Gasteiger partial charge in [0.2, 0.25) is 0 Å². The van der Waals surface area contributed by atoms with Crippen LogP contribution >= 0.6 is 0 Å². The van der Waals surface area contributed by atoms with Gasteiger partial charge in [-0.25, -0.2) is 0 Å². The zero-order chi connectivity index (χ0) is 8.04. The molecule has 0 aromatic rings. The van der Waals surface area contributed by atoms with Crippen molar-refractivity contribution >= 4 is 0 Å². The lowest BCUT2D eigenvalue weighted by Gasteiger charge is -2.21. The second-order valence-corrected chi connectivity index (χ2v) is 3.61. The summed E-state index contributed by atoms with van der Waals surface area (Å²) < 4.78 is 4.98. The van der Waals surface area contributed by atoms with Crippen LogP contribution in [0.25, 0.3) is 0 Å². The average Bonchev–Trinajstić information content (AvgIpc) is 1.89. The summed E-state index contributed by atoms with van der Waals surface area (Å²) in [5, 5.41) is 0. The number of methoxy groups -OCH3 is 1. The highest BCUT2D eigenvalue weighted by Gasteiger charge is 2.13. The van der Waals surface area contributed by atoms with Crippen LogP contribution in [0.5, 0.6) is 0 Å². The Morgan fingerprint density at radius 2 is 1.90 bits per heavy atom. The Hall–Kier alpha value is -0.0400. The fourth-order valence-corrected chi connectivity index (χ4v) is 0.872. The molecule has 62 valence electrons. The third-order valence-corrected chi connectivity index (χ3v) is 2.16. The molecule has 0 radical (unpaired) electrons. The van der Waals surface area contributed by atoms with Gasteiger partial charge in [-0.05, 0) is 18.3 Å². The van der Waals surface area contributed by atoms with Crippen molar-refractivity contribution in [3.8, 4) is 0 Å². The third kappa shape index (κ3) is 4.80. The molecule has 0 spiro atoms. The summed E-state index contributed by atoms with van der Waals surface area (Å²) >= 11 is 0. The highest BCUT2D eigenvalue weighted by Crippen LogP contribution is 2.25. The maximum absolute atomic E-state index is 4.98. The van der Waals surface area contributed by atoms with Crippen molar-refractivity contribution in [1.29, 1.82) is 0 Å². The lowest BCUT2D eigenvalue weighted by Crippen LogP contribution is -2.10. The summed E-state index contributed by atoms with van der Waals surface area (Å²) in [5.41, 5.74) is 0.512. The van der Waals surface area contributed by atoms with E-state index in [1.807, 2.05) is 0 Å². The Bertz CT molecular complexity index is 76.8. The molecule has 0 aliphatic rings. The third-order valence-electron chi connectivity index (χ3n) is 2.16. The molecule has 0 aliphatic heterocycles. The molecular weight excluding hydrogens is 124 g/mol. The first-order chi connectivity index (χ1) is 4.62. The molecule has 0 fully saturated rings. The van der Waals surface area contributed by atoms with E-state index in [4.69, 9.17) is 4.74 Å². The van der Waals surface area contributed by atoms with Crippen LogP contribution in [-0.2, 0) is 4.74 Å². The van der Waals surface area contributed by atoms with E-state index in [1.165, 1.54) is 19.3 Å². The van der Waals surface area contributed by atoms with E-state index in [2.05, 4.69) is 20.8 Å². The van der Waals surface area contributed by atoms with Crippen molar-refractivity contribution in [1.82, 2.24) is 0 Å². The summed E-state index contributed by atoms with van der Waals surface area (Å²) in [6.07, 6.45) is 3.73. The Labute approximate surface area is 64.8 Å². The van der Waals surface area contributed by atoms with E-state index >= 15 is 0 Å². The normalized spacial score (nSPS) is 12.0. The minimum Gasteiger partial charge on any atom is -0.385 e. The predicted molar refractivity (Wildman–Crippen MR) is 45.2 cm³/mol. The van der Waals surface area contributed by atoms with E-state index < -0.39 is 0 Å². The maximum atomic E-state index is 4.98. The van der Waals surface area contributed by atoms with Gasteiger partial charge in [0, 0.05) is 13.7 Å². The Morgan fingerprint density at radius 1 is 1.30 bits per heavy atom. The predicted octanol–water partition coefficient (Wildman–Crippen LogP) is 2.85. The first-order valence-corrected chi connectivity index (χ1v) is 4.11. The van der Waals surface area contributed by atoms with Crippen molar-refractivity contribution in [2.45, 2.75) is 40.0 Å². The molecule has 0 aromatic carbocycles. The quantitative estimate of drug-likeness (QED) is 0.539. The minimum atomic E-state index is 0.512. The number of ether oxygens (including phenoxy) is 1. The molecule has 1 nitrogen and oxygen atoms in total. The van der Waals surface area contributed by atoms with Crippen LogP contribution in [0.15, 0.2) is 0 Å². The molecule has 0 aromatic heterocycles. The number of hydrogen-bond donors (Lipinski definition) is 0. The standard InChI is InChI=1S/C9H20O/c1-5-9(2,3)7-6-8-10-4/h5-8H2,1-4H3. The molecule has 0 atom stereocenters. The van der Waals surface area contributed by atoms with Crippen molar-refractivity contribution in [2.75, 3.05) is 13.7 Å². The fraction of sp³-hybridized carbons (Fsp3) is 1.00. The minimum absolute atomic E-state index is 0.512.